The van der Waals surface area contributed by atoms with Crippen molar-refractivity contribution in [3.8, 4) is 11.5 Å². The van der Waals surface area contributed by atoms with Gasteiger partial charge in [0.2, 0.25) is 0 Å². The number of aliphatic imine (C=N–C) groups is 1. The highest BCUT2D eigenvalue weighted by molar-refractivity contribution is 14.0. The van der Waals surface area contributed by atoms with E-state index in [0.29, 0.717) is 6.54 Å². The third kappa shape index (κ3) is 7.00. The smallest absolute Gasteiger partial charge is 0.191 e. The molecule has 0 aromatic heterocycles. The van der Waals surface area contributed by atoms with Crippen molar-refractivity contribution in [1.29, 1.82) is 0 Å². The Bertz CT molecular complexity index is 837. The van der Waals surface area contributed by atoms with E-state index < -0.39 is 0 Å². The first kappa shape index (κ1) is 26.3. The summed E-state index contributed by atoms with van der Waals surface area (Å²) in [4.78, 5) is 4.98. The Balaban J connectivity index is 0.00000363. The van der Waals surface area contributed by atoms with Crippen LogP contribution in [0.25, 0.3) is 0 Å². The van der Waals surface area contributed by atoms with Gasteiger partial charge in [0.15, 0.2) is 5.96 Å². The molecule has 6 nitrogen and oxygen atoms in total. The highest BCUT2D eigenvalue weighted by Gasteiger charge is 2.34. The maximum absolute atomic E-state index is 5.66. The van der Waals surface area contributed by atoms with E-state index in [9.17, 15) is 0 Å². The van der Waals surface area contributed by atoms with Crippen molar-refractivity contribution in [2.24, 2.45) is 4.99 Å². The SMILES string of the molecule is CCNC(=NCC1(c2ccc(OC)cc2)CCOCC1)NCCc1ccccc1OC.I. The van der Waals surface area contributed by atoms with Gasteiger partial charge in [-0.25, -0.2) is 0 Å². The minimum absolute atomic E-state index is 0. The predicted octanol–water partition coefficient (Wildman–Crippen LogP) is 4.17. The quantitative estimate of drug-likeness (QED) is 0.278. The number of para-hydroxylation sites is 1. The molecular weight excluding hydrogens is 517 g/mol. The molecular formula is C25H36IN3O3. The van der Waals surface area contributed by atoms with E-state index in [1.807, 2.05) is 30.3 Å². The number of methoxy groups -OCH3 is 2. The van der Waals surface area contributed by atoms with Crippen molar-refractivity contribution in [2.45, 2.75) is 31.6 Å². The van der Waals surface area contributed by atoms with Crippen LogP contribution in [0.3, 0.4) is 0 Å². The van der Waals surface area contributed by atoms with E-state index in [4.69, 9.17) is 19.2 Å². The molecule has 1 saturated heterocycles. The summed E-state index contributed by atoms with van der Waals surface area (Å²) in [5.41, 5.74) is 2.47. The fraction of sp³-hybridized carbons (Fsp3) is 0.480. The molecule has 1 fully saturated rings. The lowest BCUT2D eigenvalue weighted by molar-refractivity contribution is 0.0531. The van der Waals surface area contributed by atoms with Crippen LogP contribution in [-0.4, -0.2) is 53.0 Å². The molecule has 7 heteroatoms. The zero-order valence-corrected chi connectivity index (χ0v) is 21.7. The molecule has 0 aliphatic carbocycles. The summed E-state index contributed by atoms with van der Waals surface area (Å²) in [6.45, 7) is 5.93. The molecule has 0 unspecified atom stereocenters. The molecule has 0 bridgehead atoms. The number of hydrogen-bond donors (Lipinski definition) is 2. The standard InChI is InChI=1S/C25H35N3O3.HI/c1-4-26-24(27-16-13-20-7-5-6-8-23(20)30-3)28-19-25(14-17-31-18-15-25)21-9-11-22(29-2)12-10-21;/h5-12H,4,13-19H2,1-3H3,(H2,26,27,28);1H. The zero-order valence-electron chi connectivity index (χ0n) is 19.4. The summed E-state index contributed by atoms with van der Waals surface area (Å²) in [6.07, 6.45) is 2.79. The number of nitrogens with one attached hydrogen (secondary N) is 2. The van der Waals surface area contributed by atoms with Crippen LogP contribution in [0.1, 0.15) is 30.9 Å². The molecule has 1 heterocycles. The number of nitrogens with zero attached hydrogens (tertiary/aromatic N) is 1. The number of benzene rings is 2. The summed E-state index contributed by atoms with van der Waals surface area (Å²) in [6, 6.07) is 16.5. The highest BCUT2D eigenvalue weighted by atomic mass is 127. The number of hydrogen-bond acceptors (Lipinski definition) is 4. The molecule has 2 aromatic rings. The van der Waals surface area contributed by atoms with Crippen LogP contribution in [0.2, 0.25) is 0 Å². The Kier molecular flexibility index (Phi) is 11.1. The van der Waals surface area contributed by atoms with Gasteiger partial charge in [0.25, 0.3) is 0 Å². The largest absolute Gasteiger partial charge is 0.497 e. The van der Waals surface area contributed by atoms with E-state index in [1.165, 1.54) is 11.1 Å². The van der Waals surface area contributed by atoms with Gasteiger partial charge < -0.3 is 24.8 Å². The lowest BCUT2D eigenvalue weighted by Gasteiger charge is -2.36. The van der Waals surface area contributed by atoms with E-state index >= 15 is 0 Å². The average Bonchev–Trinajstić information content (AvgIpc) is 2.83. The third-order valence-electron chi connectivity index (χ3n) is 5.92. The van der Waals surface area contributed by atoms with Crippen molar-refractivity contribution in [2.75, 3.05) is 47.1 Å². The minimum Gasteiger partial charge on any atom is -0.497 e. The Morgan fingerprint density at radius 1 is 1.00 bits per heavy atom. The molecule has 176 valence electrons. The van der Waals surface area contributed by atoms with Gasteiger partial charge in [-0.15, -0.1) is 24.0 Å². The summed E-state index contributed by atoms with van der Waals surface area (Å²) in [7, 11) is 3.41. The van der Waals surface area contributed by atoms with Gasteiger partial charge in [-0.05, 0) is 55.5 Å². The summed E-state index contributed by atoms with van der Waals surface area (Å²) in [5, 5.41) is 6.86. The van der Waals surface area contributed by atoms with E-state index in [-0.39, 0.29) is 29.4 Å². The van der Waals surface area contributed by atoms with E-state index in [1.54, 1.807) is 14.2 Å². The molecule has 0 radical (unpaired) electrons. The molecule has 1 aliphatic rings. The fourth-order valence-electron chi connectivity index (χ4n) is 4.04. The summed E-state index contributed by atoms with van der Waals surface area (Å²) < 4.78 is 16.5. The normalized spacial score (nSPS) is 15.4. The summed E-state index contributed by atoms with van der Waals surface area (Å²) in [5.74, 6) is 2.64. The van der Waals surface area contributed by atoms with E-state index in [0.717, 1.165) is 63.0 Å². The number of guanidine groups is 1. The van der Waals surface area contributed by atoms with Crippen LogP contribution >= 0.6 is 24.0 Å². The van der Waals surface area contributed by atoms with Crippen LogP contribution in [0, 0.1) is 0 Å². The maximum atomic E-state index is 5.66. The Labute approximate surface area is 209 Å². The third-order valence-corrected chi connectivity index (χ3v) is 5.92. The lowest BCUT2D eigenvalue weighted by atomic mass is 9.74. The second-order valence-electron chi connectivity index (χ2n) is 7.80. The topological polar surface area (TPSA) is 64.1 Å². The first-order chi connectivity index (χ1) is 15.2. The Hall–Kier alpha value is -2.00. The molecule has 0 saturated carbocycles. The summed E-state index contributed by atoms with van der Waals surface area (Å²) >= 11 is 0. The fourth-order valence-corrected chi connectivity index (χ4v) is 4.04. The molecule has 3 rings (SSSR count). The van der Waals surface area contributed by atoms with Crippen LogP contribution < -0.4 is 20.1 Å². The molecule has 0 spiro atoms. The first-order valence-electron chi connectivity index (χ1n) is 11.1. The molecule has 0 atom stereocenters. The molecule has 2 N–H and O–H groups in total. The Morgan fingerprint density at radius 2 is 1.72 bits per heavy atom. The van der Waals surface area contributed by atoms with Crippen LogP contribution in [0.5, 0.6) is 11.5 Å². The van der Waals surface area contributed by atoms with E-state index in [2.05, 4.69) is 35.8 Å². The molecule has 2 aromatic carbocycles. The van der Waals surface area contributed by atoms with Crippen LogP contribution in [0.15, 0.2) is 53.5 Å². The van der Waals surface area contributed by atoms with Gasteiger partial charge in [-0.2, -0.15) is 0 Å². The second kappa shape index (κ2) is 13.5. The van der Waals surface area contributed by atoms with Gasteiger partial charge in [0.05, 0.1) is 20.8 Å². The van der Waals surface area contributed by atoms with Crippen LogP contribution in [-0.2, 0) is 16.6 Å². The van der Waals surface area contributed by atoms with Gasteiger partial charge in [0, 0.05) is 31.7 Å². The van der Waals surface area contributed by atoms with Crippen molar-refractivity contribution >= 4 is 29.9 Å². The highest BCUT2D eigenvalue weighted by Crippen LogP contribution is 2.36. The molecule has 1 aliphatic heterocycles. The van der Waals surface area contributed by atoms with Gasteiger partial charge >= 0.3 is 0 Å². The maximum Gasteiger partial charge on any atom is 0.191 e. The predicted molar refractivity (Wildman–Crippen MR) is 141 cm³/mol. The molecule has 32 heavy (non-hydrogen) atoms. The van der Waals surface area contributed by atoms with Crippen molar-refractivity contribution in [3.05, 3.63) is 59.7 Å². The van der Waals surface area contributed by atoms with Crippen molar-refractivity contribution in [1.82, 2.24) is 10.6 Å². The van der Waals surface area contributed by atoms with Gasteiger partial charge in [-0.3, -0.25) is 4.99 Å². The van der Waals surface area contributed by atoms with Gasteiger partial charge in [0.1, 0.15) is 11.5 Å². The average molecular weight is 553 g/mol. The Morgan fingerprint density at radius 3 is 2.38 bits per heavy atom. The van der Waals surface area contributed by atoms with Crippen molar-refractivity contribution < 1.29 is 14.2 Å². The van der Waals surface area contributed by atoms with Crippen LogP contribution in [0.4, 0.5) is 0 Å². The number of ether oxygens (including phenoxy) is 3. The molecule has 0 amide bonds. The first-order valence-corrected chi connectivity index (χ1v) is 11.1. The number of halogens is 1. The zero-order chi connectivity index (χ0) is 21.9. The monoisotopic (exact) mass is 553 g/mol. The minimum atomic E-state index is -0.0183. The number of rotatable bonds is 9. The van der Waals surface area contributed by atoms with Gasteiger partial charge in [-0.1, -0.05) is 30.3 Å². The lowest BCUT2D eigenvalue weighted by Crippen LogP contribution is -2.41. The van der Waals surface area contributed by atoms with Crippen molar-refractivity contribution in [3.63, 3.8) is 0 Å². The second-order valence-corrected chi connectivity index (χ2v) is 7.80.